The minimum Gasteiger partial charge on any atom is -0.356 e. The van der Waals surface area contributed by atoms with E-state index in [-0.39, 0.29) is 5.91 Å². The van der Waals surface area contributed by atoms with Crippen LogP contribution in [0, 0.1) is 17.8 Å². The van der Waals surface area contributed by atoms with E-state index in [1.807, 2.05) is 6.92 Å². The zero-order valence-corrected chi connectivity index (χ0v) is 9.96. The smallest absolute Gasteiger partial charge is 0.220 e. The number of amides is 1. The average Bonchev–Trinajstić information content (AvgIpc) is 2.61. The molecule has 0 radical (unpaired) electrons. The van der Waals surface area contributed by atoms with Crippen molar-refractivity contribution in [3.8, 4) is 0 Å². The number of hydrogen-bond acceptors (Lipinski definition) is 2. The summed E-state index contributed by atoms with van der Waals surface area (Å²) in [6.45, 7) is 5.74. The summed E-state index contributed by atoms with van der Waals surface area (Å²) in [4.78, 5) is 11.5. The van der Waals surface area contributed by atoms with Crippen molar-refractivity contribution in [2.45, 2.75) is 39.5 Å². The first-order valence-electron chi connectivity index (χ1n) is 6.10. The molecule has 1 fully saturated rings. The monoisotopic (exact) mass is 212 g/mol. The number of hydrogen-bond donors (Lipinski definition) is 2. The molecule has 1 aliphatic carbocycles. The molecule has 3 unspecified atom stereocenters. The van der Waals surface area contributed by atoms with Gasteiger partial charge in [-0.2, -0.15) is 0 Å². The van der Waals surface area contributed by atoms with Crippen molar-refractivity contribution in [1.82, 2.24) is 5.32 Å². The third kappa shape index (κ3) is 4.20. The molecule has 1 rings (SSSR count). The molecule has 3 atom stereocenters. The zero-order chi connectivity index (χ0) is 11.3. The zero-order valence-electron chi connectivity index (χ0n) is 9.96. The number of carbonyl (C=O) groups excluding carboxylic acids is 1. The molecule has 0 aromatic heterocycles. The Morgan fingerprint density at radius 1 is 1.53 bits per heavy atom. The van der Waals surface area contributed by atoms with Crippen LogP contribution in [-0.2, 0) is 4.79 Å². The second kappa shape index (κ2) is 6.11. The molecule has 0 spiro atoms. The molecule has 1 saturated carbocycles. The van der Waals surface area contributed by atoms with E-state index in [0.717, 1.165) is 12.5 Å². The first kappa shape index (κ1) is 12.5. The van der Waals surface area contributed by atoms with E-state index < -0.39 is 0 Å². The molecular formula is C12H24N2O. The molecule has 3 heteroatoms. The first-order valence-corrected chi connectivity index (χ1v) is 6.10. The molecule has 3 N–H and O–H groups in total. The van der Waals surface area contributed by atoms with E-state index >= 15 is 0 Å². The third-order valence-corrected chi connectivity index (χ3v) is 3.54. The van der Waals surface area contributed by atoms with Crippen molar-refractivity contribution in [2.75, 3.05) is 13.1 Å². The van der Waals surface area contributed by atoms with Crippen molar-refractivity contribution < 1.29 is 4.79 Å². The van der Waals surface area contributed by atoms with Crippen molar-refractivity contribution in [2.24, 2.45) is 23.5 Å². The van der Waals surface area contributed by atoms with Crippen molar-refractivity contribution in [3.05, 3.63) is 0 Å². The van der Waals surface area contributed by atoms with Crippen LogP contribution in [0.3, 0.4) is 0 Å². The van der Waals surface area contributed by atoms with E-state index in [9.17, 15) is 4.79 Å². The van der Waals surface area contributed by atoms with Gasteiger partial charge in [0, 0.05) is 13.0 Å². The van der Waals surface area contributed by atoms with Crippen LogP contribution >= 0.6 is 0 Å². The Morgan fingerprint density at radius 2 is 2.27 bits per heavy atom. The largest absolute Gasteiger partial charge is 0.356 e. The van der Waals surface area contributed by atoms with Crippen LogP contribution < -0.4 is 11.1 Å². The fourth-order valence-electron chi connectivity index (χ4n) is 2.24. The Labute approximate surface area is 92.8 Å². The van der Waals surface area contributed by atoms with E-state index in [1.54, 1.807) is 0 Å². The summed E-state index contributed by atoms with van der Waals surface area (Å²) in [6, 6.07) is 0. The SMILES string of the molecule is CC(CN)CC(=O)NCC1CCCC1C. The lowest BCUT2D eigenvalue weighted by Crippen LogP contribution is -2.32. The summed E-state index contributed by atoms with van der Waals surface area (Å²) in [5.74, 6) is 1.93. The number of nitrogens with two attached hydrogens (primary N) is 1. The number of rotatable bonds is 5. The van der Waals surface area contributed by atoms with Crippen LogP contribution in [0.2, 0.25) is 0 Å². The summed E-state index contributed by atoms with van der Waals surface area (Å²) in [6.07, 6.45) is 4.48. The van der Waals surface area contributed by atoms with Gasteiger partial charge in [-0.15, -0.1) is 0 Å². The van der Waals surface area contributed by atoms with Crippen LogP contribution in [0.25, 0.3) is 0 Å². The van der Waals surface area contributed by atoms with Gasteiger partial charge in [-0.3, -0.25) is 4.79 Å². The van der Waals surface area contributed by atoms with Gasteiger partial charge in [-0.25, -0.2) is 0 Å². The van der Waals surface area contributed by atoms with Crippen LogP contribution in [0.1, 0.15) is 39.5 Å². The second-order valence-electron chi connectivity index (χ2n) is 5.02. The van der Waals surface area contributed by atoms with E-state index in [2.05, 4.69) is 12.2 Å². The molecule has 0 bridgehead atoms. The topological polar surface area (TPSA) is 55.1 Å². The molecule has 1 amide bonds. The lowest BCUT2D eigenvalue weighted by atomic mass is 9.98. The highest BCUT2D eigenvalue weighted by Gasteiger charge is 2.23. The van der Waals surface area contributed by atoms with Gasteiger partial charge >= 0.3 is 0 Å². The highest BCUT2D eigenvalue weighted by molar-refractivity contribution is 5.76. The Morgan fingerprint density at radius 3 is 2.80 bits per heavy atom. The van der Waals surface area contributed by atoms with Crippen molar-refractivity contribution in [1.29, 1.82) is 0 Å². The van der Waals surface area contributed by atoms with Gasteiger partial charge in [0.15, 0.2) is 0 Å². The van der Waals surface area contributed by atoms with Gasteiger partial charge < -0.3 is 11.1 Å². The van der Waals surface area contributed by atoms with Crippen molar-refractivity contribution in [3.63, 3.8) is 0 Å². The highest BCUT2D eigenvalue weighted by atomic mass is 16.1. The number of nitrogens with one attached hydrogen (secondary N) is 1. The second-order valence-corrected chi connectivity index (χ2v) is 5.02. The molecule has 0 aliphatic heterocycles. The quantitative estimate of drug-likeness (QED) is 0.726. The Bertz CT molecular complexity index is 206. The van der Waals surface area contributed by atoms with Gasteiger partial charge in [0.1, 0.15) is 0 Å². The molecule has 88 valence electrons. The molecule has 3 nitrogen and oxygen atoms in total. The fraction of sp³-hybridized carbons (Fsp3) is 0.917. The minimum absolute atomic E-state index is 0.159. The molecule has 0 aromatic carbocycles. The van der Waals surface area contributed by atoms with Crippen LogP contribution in [0.5, 0.6) is 0 Å². The van der Waals surface area contributed by atoms with E-state index in [4.69, 9.17) is 5.73 Å². The Kier molecular flexibility index (Phi) is 5.09. The van der Waals surface area contributed by atoms with E-state index in [0.29, 0.717) is 24.8 Å². The summed E-state index contributed by atoms with van der Waals surface area (Å²) >= 11 is 0. The maximum Gasteiger partial charge on any atom is 0.220 e. The Hall–Kier alpha value is -0.570. The lowest BCUT2D eigenvalue weighted by molar-refractivity contribution is -0.122. The van der Waals surface area contributed by atoms with Crippen LogP contribution in [0.4, 0.5) is 0 Å². The maximum absolute atomic E-state index is 11.5. The maximum atomic E-state index is 11.5. The first-order chi connectivity index (χ1) is 7.13. The molecule has 0 aromatic rings. The molecular weight excluding hydrogens is 188 g/mol. The van der Waals surface area contributed by atoms with Gasteiger partial charge in [-0.1, -0.05) is 26.7 Å². The lowest BCUT2D eigenvalue weighted by Gasteiger charge is -2.16. The fourth-order valence-corrected chi connectivity index (χ4v) is 2.24. The van der Waals surface area contributed by atoms with Gasteiger partial charge in [0.05, 0.1) is 0 Å². The van der Waals surface area contributed by atoms with E-state index in [1.165, 1.54) is 19.3 Å². The van der Waals surface area contributed by atoms with Crippen LogP contribution in [-0.4, -0.2) is 19.0 Å². The predicted molar refractivity (Wildman–Crippen MR) is 62.4 cm³/mol. The molecule has 0 heterocycles. The summed E-state index contributed by atoms with van der Waals surface area (Å²) in [5, 5.41) is 3.03. The summed E-state index contributed by atoms with van der Waals surface area (Å²) in [5.41, 5.74) is 5.48. The molecule has 15 heavy (non-hydrogen) atoms. The molecule has 0 saturated heterocycles. The normalized spacial score (nSPS) is 27.7. The summed E-state index contributed by atoms with van der Waals surface area (Å²) in [7, 11) is 0. The standard InChI is InChI=1S/C12H24N2O/c1-9(7-13)6-12(15)14-8-11-5-3-4-10(11)2/h9-11H,3-8,13H2,1-2H3,(H,14,15). The number of carbonyl (C=O) groups is 1. The summed E-state index contributed by atoms with van der Waals surface area (Å²) < 4.78 is 0. The minimum atomic E-state index is 0.159. The van der Waals surface area contributed by atoms with Crippen molar-refractivity contribution >= 4 is 5.91 Å². The highest BCUT2D eigenvalue weighted by Crippen LogP contribution is 2.30. The predicted octanol–water partition coefficient (Wildman–Crippen LogP) is 1.52. The average molecular weight is 212 g/mol. The van der Waals surface area contributed by atoms with Gasteiger partial charge in [0.2, 0.25) is 5.91 Å². The third-order valence-electron chi connectivity index (χ3n) is 3.54. The van der Waals surface area contributed by atoms with Gasteiger partial charge in [-0.05, 0) is 30.7 Å². The Balaban J connectivity index is 2.16. The van der Waals surface area contributed by atoms with Gasteiger partial charge in [0.25, 0.3) is 0 Å². The van der Waals surface area contributed by atoms with Crippen LogP contribution in [0.15, 0.2) is 0 Å². The molecule has 1 aliphatic rings.